The summed E-state index contributed by atoms with van der Waals surface area (Å²) in [6.07, 6.45) is -0.169. The smallest absolute Gasteiger partial charge is 0.250 e. The van der Waals surface area contributed by atoms with Crippen LogP contribution in [0.25, 0.3) is 0 Å². The lowest BCUT2D eigenvalue weighted by Gasteiger charge is -2.19. The van der Waals surface area contributed by atoms with Gasteiger partial charge in [-0.3, -0.25) is 0 Å². The summed E-state index contributed by atoms with van der Waals surface area (Å²) in [6, 6.07) is 20.4. The van der Waals surface area contributed by atoms with Crippen LogP contribution in [0.15, 0.2) is 60.7 Å². The summed E-state index contributed by atoms with van der Waals surface area (Å²) in [6.45, 7) is 0. The van der Waals surface area contributed by atoms with Crippen molar-refractivity contribution in [2.45, 2.75) is 10.5 Å². The second kappa shape index (κ2) is 7.00. The summed E-state index contributed by atoms with van der Waals surface area (Å²) in [5.74, 6) is 0.632. The van der Waals surface area contributed by atoms with E-state index in [9.17, 15) is 0 Å². The van der Waals surface area contributed by atoms with Crippen molar-refractivity contribution in [1.82, 2.24) is 8.75 Å². The molecule has 0 radical (unpaired) electrons. The standard InChI is InChI=1S/C16H13IN2OS/c17-11-14-16(19-21-18-14)20-15(12-7-3-1-4-8-12)13-9-5-2-6-10-13/h1-10,15H,11H2. The van der Waals surface area contributed by atoms with Crippen molar-refractivity contribution in [2.24, 2.45) is 0 Å². The third kappa shape index (κ3) is 3.41. The Morgan fingerprint density at radius 1 is 0.905 bits per heavy atom. The molecule has 106 valence electrons. The van der Waals surface area contributed by atoms with Gasteiger partial charge in [0.2, 0.25) is 0 Å². The van der Waals surface area contributed by atoms with Gasteiger partial charge in [0.05, 0.1) is 11.7 Å². The lowest BCUT2D eigenvalue weighted by molar-refractivity contribution is 0.237. The first kappa shape index (κ1) is 14.5. The van der Waals surface area contributed by atoms with Crippen molar-refractivity contribution in [2.75, 3.05) is 0 Å². The largest absolute Gasteiger partial charge is 0.463 e. The van der Waals surface area contributed by atoms with Gasteiger partial charge in [-0.2, -0.15) is 4.37 Å². The van der Waals surface area contributed by atoms with Crippen LogP contribution < -0.4 is 4.74 Å². The summed E-state index contributed by atoms with van der Waals surface area (Å²) in [5.41, 5.74) is 3.12. The molecule has 0 aliphatic heterocycles. The van der Waals surface area contributed by atoms with Gasteiger partial charge in [0.25, 0.3) is 5.88 Å². The van der Waals surface area contributed by atoms with Crippen molar-refractivity contribution in [3.8, 4) is 5.88 Å². The molecule has 21 heavy (non-hydrogen) atoms. The maximum absolute atomic E-state index is 6.18. The van der Waals surface area contributed by atoms with Crippen LogP contribution in [0.5, 0.6) is 5.88 Å². The number of hydrogen-bond donors (Lipinski definition) is 0. The van der Waals surface area contributed by atoms with Crippen LogP contribution in [-0.2, 0) is 4.43 Å². The van der Waals surface area contributed by atoms with Crippen LogP contribution in [0.4, 0.5) is 0 Å². The maximum Gasteiger partial charge on any atom is 0.250 e. The first-order chi connectivity index (χ1) is 10.4. The van der Waals surface area contributed by atoms with E-state index in [0.717, 1.165) is 21.2 Å². The molecule has 2 aromatic carbocycles. The number of alkyl halides is 1. The Bertz CT molecular complexity index is 648. The monoisotopic (exact) mass is 408 g/mol. The minimum absolute atomic E-state index is 0.169. The van der Waals surface area contributed by atoms with Gasteiger partial charge in [0, 0.05) is 4.43 Å². The van der Waals surface area contributed by atoms with Gasteiger partial charge in [-0.15, -0.1) is 4.37 Å². The molecule has 0 amide bonds. The van der Waals surface area contributed by atoms with E-state index >= 15 is 0 Å². The molecule has 5 heteroatoms. The van der Waals surface area contributed by atoms with E-state index < -0.39 is 0 Å². The quantitative estimate of drug-likeness (QED) is 0.456. The Morgan fingerprint density at radius 3 is 2.00 bits per heavy atom. The van der Waals surface area contributed by atoms with Crippen LogP contribution >= 0.6 is 34.3 Å². The Labute approximate surface area is 141 Å². The van der Waals surface area contributed by atoms with Gasteiger partial charge in [-0.05, 0) is 11.1 Å². The summed E-state index contributed by atoms with van der Waals surface area (Å²) in [7, 11) is 0. The molecule has 0 aliphatic carbocycles. The van der Waals surface area contributed by atoms with Crippen LogP contribution in [-0.4, -0.2) is 8.75 Å². The zero-order valence-electron chi connectivity index (χ0n) is 11.1. The average molecular weight is 408 g/mol. The van der Waals surface area contributed by atoms with Crippen molar-refractivity contribution < 1.29 is 4.74 Å². The topological polar surface area (TPSA) is 35.0 Å². The molecule has 0 N–H and O–H groups in total. The number of aromatic nitrogens is 2. The third-order valence-electron chi connectivity index (χ3n) is 3.08. The summed E-state index contributed by atoms with van der Waals surface area (Å²) in [4.78, 5) is 0. The zero-order chi connectivity index (χ0) is 14.5. The fourth-order valence-electron chi connectivity index (χ4n) is 2.07. The highest BCUT2D eigenvalue weighted by molar-refractivity contribution is 14.1. The van der Waals surface area contributed by atoms with Crippen molar-refractivity contribution >= 4 is 34.3 Å². The predicted octanol–water partition coefficient (Wildman–Crippen LogP) is 4.64. The Kier molecular flexibility index (Phi) is 4.82. The van der Waals surface area contributed by atoms with E-state index in [1.54, 1.807) is 0 Å². The number of halogens is 1. The molecule has 0 bridgehead atoms. The van der Waals surface area contributed by atoms with E-state index in [4.69, 9.17) is 4.74 Å². The molecule has 0 atom stereocenters. The Balaban J connectivity index is 1.97. The van der Waals surface area contributed by atoms with E-state index in [1.807, 2.05) is 36.4 Å². The number of hydrogen-bond acceptors (Lipinski definition) is 4. The molecular weight excluding hydrogens is 395 g/mol. The van der Waals surface area contributed by atoms with E-state index in [1.165, 1.54) is 11.7 Å². The third-order valence-corrected chi connectivity index (χ3v) is 4.35. The highest BCUT2D eigenvalue weighted by atomic mass is 127. The Hall–Kier alpha value is -1.47. The highest BCUT2D eigenvalue weighted by Gasteiger charge is 2.19. The summed E-state index contributed by atoms with van der Waals surface area (Å²) >= 11 is 3.47. The first-order valence-electron chi connectivity index (χ1n) is 6.52. The lowest BCUT2D eigenvalue weighted by atomic mass is 10.0. The fraction of sp³-hybridized carbons (Fsp3) is 0.125. The van der Waals surface area contributed by atoms with Gasteiger partial charge < -0.3 is 4.74 Å². The minimum Gasteiger partial charge on any atom is -0.463 e. The molecule has 0 spiro atoms. The molecule has 0 fully saturated rings. The van der Waals surface area contributed by atoms with Gasteiger partial charge in [-0.25, -0.2) is 0 Å². The highest BCUT2D eigenvalue weighted by Crippen LogP contribution is 2.30. The van der Waals surface area contributed by atoms with Gasteiger partial charge >= 0.3 is 0 Å². The summed E-state index contributed by atoms with van der Waals surface area (Å²) < 4.78 is 15.5. The van der Waals surface area contributed by atoms with Gasteiger partial charge in [0.15, 0.2) is 6.10 Å². The van der Waals surface area contributed by atoms with E-state index in [0.29, 0.717) is 5.88 Å². The normalized spacial score (nSPS) is 10.8. The fourth-order valence-corrected chi connectivity index (χ4v) is 3.30. The molecular formula is C16H13IN2OS. The molecule has 0 saturated carbocycles. The number of rotatable bonds is 5. The van der Waals surface area contributed by atoms with Crippen molar-refractivity contribution in [3.63, 3.8) is 0 Å². The van der Waals surface area contributed by atoms with Crippen LogP contribution in [0, 0.1) is 0 Å². The van der Waals surface area contributed by atoms with Crippen molar-refractivity contribution in [3.05, 3.63) is 77.5 Å². The second-order valence-corrected chi connectivity index (χ2v) is 5.76. The molecule has 1 heterocycles. The molecule has 0 saturated heterocycles. The predicted molar refractivity (Wildman–Crippen MR) is 93.0 cm³/mol. The summed E-state index contributed by atoms with van der Waals surface area (Å²) in [5, 5.41) is 0. The van der Waals surface area contributed by atoms with Crippen LogP contribution in [0.2, 0.25) is 0 Å². The molecule has 3 aromatic rings. The molecule has 0 aliphatic rings. The maximum atomic E-state index is 6.18. The molecule has 0 unspecified atom stereocenters. The van der Waals surface area contributed by atoms with Crippen molar-refractivity contribution in [1.29, 1.82) is 0 Å². The molecule has 3 nitrogen and oxygen atoms in total. The second-order valence-electron chi connectivity index (χ2n) is 4.47. The van der Waals surface area contributed by atoms with E-state index in [2.05, 4.69) is 55.6 Å². The van der Waals surface area contributed by atoms with Crippen LogP contribution in [0.1, 0.15) is 22.9 Å². The number of benzene rings is 2. The van der Waals surface area contributed by atoms with E-state index in [-0.39, 0.29) is 6.10 Å². The van der Waals surface area contributed by atoms with Crippen LogP contribution in [0.3, 0.4) is 0 Å². The Morgan fingerprint density at radius 2 is 1.48 bits per heavy atom. The SMILES string of the molecule is ICc1nsnc1OC(c1ccccc1)c1ccccc1. The van der Waals surface area contributed by atoms with Gasteiger partial charge in [0.1, 0.15) is 5.69 Å². The minimum atomic E-state index is -0.169. The first-order valence-corrected chi connectivity index (χ1v) is 8.78. The number of ether oxygens (including phenoxy) is 1. The molecule has 1 aromatic heterocycles. The zero-order valence-corrected chi connectivity index (χ0v) is 14.1. The average Bonchev–Trinajstić information content (AvgIpc) is 3.01. The number of nitrogens with zero attached hydrogens (tertiary/aromatic N) is 2. The molecule has 3 rings (SSSR count). The lowest BCUT2D eigenvalue weighted by Crippen LogP contribution is -2.10. The van der Waals surface area contributed by atoms with Gasteiger partial charge in [-0.1, -0.05) is 83.3 Å².